The molecule has 0 spiro atoms. The largest absolute Gasteiger partial charge is 0.481 e. The summed E-state index contributed by atoms with van der Waals surface area (Å²) < 4.78 is 0. The summed E-state index contributed by atoms with van der Waals surface area (Å²) in [5, 5.41) is 9.08. The van der Waals surface area contributed by atoms with Gasteiger partial charge in [0.05, 0.1) is 5.92 Å². The molecule has 1 aliphatic carbocycles. The average Bonchev–Trinajstić information content (AvgIpc) is 2.67. The summed E-state index contributed by atoms with van der Waals surface area (Å²) >= 11 is 0. The van der Waals surface area contributed by atoms with Gasteiger partial charge < -0.3 is 10.0 Å². The molecule has 25 heavy (non-hydrogen) atoms. The van der Waals surface area contributed by atoms with Crippen LogP contribution in [0.15, 0.2) is 30.3 Å². The molecule has 0 radical (unpaired) electrons. The van der Waals surface area contributed by atoms with Crippen LogP contribution >= 0.6 is 0 Å². The Morgan fingerprint density at radius 2 is 1.52 bits per heavy atom. The molecule has 1 saturated heterocycles. The number of likely N-dealkylation sites (tertiary alicyclic amines) is 1. The predicted octanol–water partition coefficient (Wildman–Crippen LogP) is 3.75. The minimum atomic E-state index is -0.704. The van der Waals surface area contributed by atoms with Gasteiger partial charge in [0, 0.05) is 19.0 Å². The van der Waals surface area contributed by atoms with Gasteiger partial charge in [-0.1, -0.05) is 30.3 Å². The first-order valence-electron chi connectivity index (χ1n) is 9.69. The molecule has 0 atom stereocenters. The smallest absolute Gasteiger partial charge is 0.306 e. The van der Waals surface area contributed by atoms with E-state index in [4.69, 9.17) is 5.11 Å². The van der Waals surface area contributed by atoms with Crippen LogP contribution in [0.4, 0.5) is 0 Å². The third-order valence-electron chi connectivity index (χ3n) is 6.04. The SMILES string of the molecule is O=C(O)C1CCC(C(=O)N2CCC(CCc3ccccc3)CC2)CC1. The molecule has 1 heterocycles. The van der Waals surface area contributed by atoms with Crippen LogP contribution in [0.1, 0.15) is 50.5 Å². The molecule has 4 nitrogen and oxygen atoms in total. The number of piperidine rings is 1. The summed E-state index contributed by atoms with van der Waals surface area (Å²) in [5.41, 5.74) is 1.40. The second kappa shape index (κ2) is 8.50. The van der Waals surface area contributed by atoms with Crippen molar-refractivity contribution in [2.24, 2.45) is 17.8 Å². The number of carbonyl (C=O) groups is 2. The van der Waals surface area contributed by atoms with Crippen LogP contribution in [0.25, 0.3) is 0 Å². The Morgan fingerprint density at radius 3 is 2.12 bits per heavy atom. The van der Waals surface area contributed by atoms with Crippen LogP contribution in [-0.2, 0) is 16.0 Å². The van der Waals surface area contributed by atoms with Crippen molar-refractivity contribution in [1.82, 2.24) is 4.90 Å². The molecule has 1 aromatic rings. The average molecular weight is 343 g/mol. The van der Waals surface area contributed by atoms with Crippen LogP contribution in [-0.4, -0.2) is 35.0 Å². The van der Waals surface area contributed by atoms with Crippen molar-refractivity contribution in [2.45, 2.75) is 51.4 Å². The van der Waals surface area contributed by atoms with E-state index in [2.05, 4.69) is 30.3 Å². The lowest BCUT2D eigenvalue weighted by molar-refractivity contribution is -0.146. The van der Waals surface area contributed by atoms with E-state index in [-0.39, 0.29) is 17.7 Å². The number of aliphatic carboxylic acids is 1. The fourth-order valence-corrected chi connectivity index (χ4v) is 4.30. The number of hydrogen-bond donors (Lipinski definition) is 1. The van der Waals surface area contributed by atoms with Crippen molar-refractivity contribution in [3.63, 3.8) is 0 Å². The number of carboxylic acid groups (broad SMARTS) is 1. The van der Waals surface area contributed by atoms with E-state index in [9.17, 15) is 9.59 Å². The van der Waals surface area contributed by atoms with Gasteiger partial charge in [-0.2, -0.15) is 0 Å². The van der Waals surface area contributed by atoms with Gasteiger partial charge in [-0.3, -0.25) is 9.59 Å². The normalized spacial score (nSPS) is 24.9. The Morgan fingerprint density at radius 1 is 0.920 bits per heavy atom. The van der Waals surface area contributed by atoms with E-state index in [1.807, 2.05) is 4.90 Å². The standard InChI is InChI=1S/C21H29NO3/c23-20(18-8-10-19(11-9-18)21(24)25)22-14-12-17(13-15-22)7-6-16-4-2-1-3-5-16/h1-5,17-19H,6-15H2,(H,24,25). The maximum atomic E-state index is 12.7. The molecule has 1 N–H and O–H groups in total. The van der Waals surface area contributed by atoms with E-state index in [1.165, 1.54) is 12.0 Å². The number of benzene rings is 1. The first-order valence-corrected chi connectivity index (χ1v) is 9.69. The lowest BCUT2D eigenvalue weighted by atomic mass is 9.81. The third kappa shape index (κ3) is 4.83. The summed E-state index contributed by atoms with van der Waals surface area (Å²) in [7, 11) is 0. The molecule has 136 valence electrons. The maximum Gasteiger partial charge on any atom is 0.306 e. The van der Waals surface area contributed by atoms with Crippen molar-refractivity contribution in [3.8, 4) is 0 Å². The zero-order valence-corrected chi connectivity index (χ0v) is 14.9. The quantitative estimate of drug-likeness (QED) is 0.886. The molecule has 4 heteroatoms. The highest BCUT2D eigenvalue weighted by atomic mass is 16.4. The number of amides is 1. The molecular formula is C21H29NO3. The molecule has 1 aromatic carbocycles. The first kappa shape index (κ1) is 18.0. The molecule has 0 aromatic heterocycles. The summed E-state index contributed by atoms with van der Waals surface area (Å²) in [6, 6.07) is 10.6. The predicted molar refractivity (Wildman–Crippen MR) is 97.2 cm³/mol. The Balaban J connectivity index is 1.40. The van der Waals surface area contributed by atoms with E-state index < -0.39 is 5.97 Å². The Kier molecular flexibility index (Phi) is 6.11. The van der Waals surface area contributed by atoms with Crippen molar-refractivity contribution >= 4 is 11.9 Å². The highest BCUT2D eigenvalue weighted by Crippen LogP contribution is 2.31. The molecule has 0 unspecified atom stereocenters. The topological polar surface area (TPSA) is 57.6 Å². The van der Waals surface area contributed by atoms with Gasteiger partial charge in [-0.25, -0.2) is 0 Å². The van der Waals surface area contributed by atoms with Gasteiger partial charge in [0.25, 0.3) is 0 Å². The number of nitrogens with zero attached hydrogens (tertiary/aromatic N) is 1. The number of carbonyl (C=O) groups excluding carboxylic acids is 1. The number of aryl methyl sites for hydroxylation is 1. The van der Waals surface area contributed by atoms with E-state index >= 15 is 0 Å². The zero-order valence-electron chi connectivity index (χ0n) is 14.9. The maximum absolute atomic E-state index is 12.7. The number of carboxylic acids is 1. The summed E-state index contributed by atoms with van der Waals surface area (Å²) in [6.07, 6.45) is 7.31. The highest BCUT2D eigenvalue weighted by molar-refractivity contribution is 5.79. The van der Waals surface area contributed by atoms with Crippen LogP contribution in [0.3, 0.4) is 0 Å². The lowest BCUT2D eigenvalue weighted by Crippen LogP contribution is -2.43. The molecular weight excluding hydrogens is 314 g/mol. The monoisotopic (exact) mass is 343 g/mol. The highest BCUT2D eigenvalue weighted by Gasteiger charge is 2.33. The second-order valence-electron chi connectivity index (χ2n) is 7.68. The van der Waals surface area contributed by atoms with Crippen LogP contribution in [0, 0.1) is 17.8 Å². The van der Waals surface area contributed by atoms with Crippen molar-refractivity contribution < 1.29 is 14.7 Å². The van der Waals surface area contributed by atoms with Crippen LogP contribution in [0.2, 0.25) is 0 Å². The van der Waals surface area contributed by atoms with Gasteiger partial charge in [0.15, 0.2) is 0 Å². The molecule has 1 aliphatic heterocycles. The van der Waals surface area contributed by atoms with Crippen LogP contribution < -0.4 is 0 Å². The molecule has 3 rings (SSSR count). The van der Waals surface area contributed by atoms with Crippen LogP contribution in [0.5, 0.6) is 0 Å². The van der Waals surface area contributed by atoms with E-state index in [0.717, 1.165) is 45.2 Å². The summed E-state index contributed by atoms with van der Waals surface area (Å²) in [6.45, 7) is 1.74. The lowest BCUT2D eigenvalue weighted by Gasteiger charge is -2.36. The van der Waals surface area contributed by atoms with Crippen molar-refractivity contribution in [1.29, 1.82) is 0 Å². The number of rotatable bonds is 5. The minimum absolute atomic E-state index is 0.0523. The zero-order chi connectivity index (χ0) is 17.6. The Bertz CT molecular complexity index is 570. The molecule has 1 saturated carbocycles. The van der Waals surface area contributed by atoms with Gasteiger partial charge >= 0.3 is 5.97 Å². The molecule has 0 bridgehead atoms. The fraction of sp³-hybridized carbons (Fsp3) is 0.619. The fourth-order valence-electron chi connectivity index (χ4n) is 4.30. The van der Waals surface area contributed by atoms with Crippen molar-refractivity contribution in [2.75, 3.05) is 13.1 Å². The van der Waals surface area contributed by atoms with Gasteiger partial charge in [-0.15, -0.1) is 0 Å². The van der Waals surface area contributed by atoms with Crippen molar-refractivity contribution in [3.05, 3.63) is 35.9 Å². The third-order valence-corrected chi connectivity index (χ3v) is 6.04. The Hall–Kier alpha value is -1.84. The minimum Gasteiger partial charge on any atom is -0.481 e. The second-order valence-corrected chi connectivity index (χ2v) is 7.68. The Labute approximate surface area is 150 Å². The summed E-state index contributed by atoms with van der Waals surface area (Å²) in [5.74, 6) is 0.0896. The van der Waals surface area contributed by atoms with E-state index in [0.29, 0.717) is 18.8 Å². The van der Waals surface area contributed by atoms with Gasteiger partial charge in [0.2, 0.25) is 5.91 Å². The molecule has 2 fully saturated rings. The van der Waals surface area contributed by atoms with Gasteiger partial charge in [0.1, 0.15) is 0 Å². The number of hydrogen-bond acceptors (Lipinski definition) is 2. The first-order chi connectivity index (χ1) is 12.1. The molecule has 1 amide bonds. The van der Waals surface area contributed by atoms with E-state index in [1.54, 1.807) is 0 Å². The molecule has 2 aliphatic rings. The summed E-state index contributed by atoms with van der Waals surface area (Å²) in [4.78, 5) is 25.8. The van der Waals surface area contributed by atoms with Gasteiger partial charge in [-0.05, 0) is 62.8 Å².